The molecule has 1 aliphatic rings. The van der Waals surface area contributed by atoms with Crippen molar-refractivity contribution in [2.24, 2.45) is 5.92 Å². The van der Waals surface area contributed by atoms with Crippen molar-refractivity contribution in [3.63, 3.8) is 0 Å². The van der Waals surface area contributed by atoms with E-state index in [9.17, 15) is 5.11 Å². The summed E-state index contributed by atoms with van der Waals surface area (Å²) in [5.41, 5.74) is 1.86. The second kappa shape index (κ2) is 5.41. The molecule has 1 saturated carbocycles. The lowest BCUT2D eigenvalue weighted by Gasteiger charge is -2.33. The summed E-state index contributed by atoms with van der Waals surface area (Å²) in [6, 6.07) is 21.0. The summed E-state index contributed by atoms with van der Waals surface area (Å²) in [6.07, 6.45) is 3.05. The Morgan fingerprint density at radius 2 is 1.45 bits per heavy atom. The summed E-state index contributed by atoms with van der Waals surface area (Å²) in [5, 5.41) is 10.7. The van der Waals surface area contributed by atoms with Crippen molar-refractivity contribution in [3.8, 4) is 0 Å². The van der Waals surface area contributed by atoms with Crippen LogP contribution in [0.3, 0.4) is 0 Å². The fourth-order valence-corrected chi connectivity index (χ4v) is 3.41. The summed E-state index contributed by atoms with van der Waals surface area (Å²) in [5.74, 6) is 1.50. The molecule has 0 heterocycles. The second-order valence-corrected chi connectivity index (χ2v) is 5.95. The third-order valence-corrected chi connectivity index (χ3v) is 4.44. The third kappa shape index (κ3) is 2.51. The topological polar surface area (TPSA) is 20.2 Å². The molecule has 20 heavy (non-hydrogen) atoms. The number of hydrogen-bond acceptors (Lipinski definition) is 1. The van der Waals surface area contributed by atoms with Gasteiger partial charge in [-0.1, -0.05) is 67.1 Å². The molecule has 1 aliphatic carbocycles. The van der Waals surface area contributed by atoms with Gasteiger partial charge in [-0.2, -0.15) is 0 Å². The van der Waals surface area contributed by atoms with Crippen molar-refractivity contribution in [2.45, 2.75) is 31.8 Å². The fraction of sp³-hybridized carbons (Fsp3) is 0.316. The monoisotopic (exact) mass is 265 g/mol. The van der Waals surface area contributed by atoms with Crippen LogP contribution in [0.25, 0.3) is 0 Å². The highest BCUT2D eigenvalue weighted by Crippen LogP contribution is 2.46. The smallest absolute Gasteiger partial charge is 0.0660 e. The van der Waals surface area contributed by atoms with E-state index in [1.807, 2.05) is 19.1 Å². The predicted octanol–water partition coefficient (Wildman–Crippen LogP) is 4.21. The first-order valence-electron chi connectivity index (χ1n) is 7.38. The fourth-order valence-electron chi connectivity index (χ4n) is 3.41. The minimum Gasteiger partial charge on any atom is -0.390 e. The Balaban J connectivity index is 2.05. The lowest BCUT2D eigenvalue weighted by Crippen LogP contribution is -2.34. The Morgan fingerprint density at radius 3 is 1.85 bits per heavy atom. The lowest BCUT2D eigenvalue weighted by atomic mass is 9.74. The van der Waals surface area contributed by atoms with Crippen LogP contribution in [-0.4, -0.2) is 10.7 Å². The molecule has 1 heteroatoms. The van der Waals surface area contributed by atoms with Gasteiger partial charge >= 0.3 is 0 Å². The molecule has 0 aliphatic heterocycles. The molecule has 2 aromatic carbocycles. The van der Waals surface area contributed by atoms with Gasteiger partial charge in [0.1, 0.15) is 0 Å². The van der Waals surface area contributed by atoms with E-state index in [-0.39, 0.29) is 5.92 Å². The van der Waals surface area contributed by atoms with E-state index in [0.717, 1.165) is 19.3 Å². The van der Waals surface area contributed by atoms with Crippen LogP contribution in [0.4, 0.5) is 0 Å². The molecular formula is C19H21O. The van der Waals surface area contributed by atoms with E-state index in [0.29, 0.717) is 0 Å². The van der Waals surface area contributed by atoms with Crippen LogP contribution in [0, 0.1) is 11.8 Å². The van der Waals surface area contributed by atoms with Crippen LogP contribution in [0.5, 0.6) is 0 Å². The van der Waals surface area contributed by atoms with Gasteiger partial charge in [0.25, 0.3) is 0 Å². The second-order valence-electron chi connectivity index (χ2n) is 5.95. The number of rotatable bonds is 3. The minimum atomic E-state index is -0.596. The van der Waals surface area contributed by atoms with Gasteiger partial charge in [0, 0.05) is 11.8 Å². The third-order valence-electron chi connectivity index (χ3n) is 4.44. The molecule has 0 bridgehead atoms. The minimum absolute atomic E-state index is 0.215. The zero-order chi connectivity index (χ0) is 14.0. The molecule has 2 atom stereocenters. The first-order chi connectivity index (χ1) is 9.68. The number of hydrogen-bond donors (Lipinski definition) is 1. The summed E-state index contributed by atoms with van der Waals surface area (Å²) >= 11 is 0. The average Bonchev–Trinajstić information content (AvgIpc) is 2.81. The van der Waals surface area contributed by atoms with Gasteiger partial charge in [-0.15, -0.1) is 0 Å². The van der Waals surface area contributed by atoms with Gasteiger partial charge in [-0.05, 0) is 30.9 Å². The van der Waals surface area contributed by atoms with E-state index in [1.54, 1.807) is 0 Å². The molecule has 3 rings (SSSR count). The molecule has 1 radical (unpaired) electrons. The van der Waals surface area contributed by atoms with Crippen LogP contribution < -0.4 is 0 Å². The average molecular weight is 265 g/mol. The first kappa shape index (κ1) is 13.4. The molecule has 103 valence electrons. The maximum atomic E-state index is 10.7. The zero-order valence-corrected chi connectivity index (χ0v) is 11.9. The Bertz CT molecular complexity index is 505. The number of benzene rings is 2. The van der Waals surface area contributed by atoms with Crippen molar-refractivity contribution < 1.29 is 5.11 Å². The van der Waals surface area contributed by atoms with Gasteiger partial charge in [0.05, 0.1) is 5.60 Å². The van der Waals surface area contributed by atoms with Gasteiger partial charge in [0.2, 0.25) is 0 Å². The first-order valence-corrected chi connectivity index (χ1v) is 7.38. The molecule has 2 unspecified atom stereocenters. The maximum Gasteiger partial charge on any atom is 0.0660 e. The highest BCUT2D eigenvalue weighted by molar-refractivity contribution is 5.47. The van der Waals surface area contributed by atoms with Crippen molar-refractivity contribution >= 4 is 0 Å². The zero-order valence-electron chi connectivity index (χ0n) is 11.9. The van der Waals surface area contributed by atoms with Crippen molar-refractivity contribution in [1.29, 1.82) is 0 Å². The van der Waals surface area contributed by atoms with Crippen LogP contribution in [0.1, 0.15) is 37.3 Å². The molecule has 1 fully saturated rings. The summed E-state index contributed by atoms with van der Waals surface area (Å²) in [6.45, 7) is 1.98. The van der Waals surface area contributed by atoms with E-state index < -0.39 is 5.60 Å². The van der Waals surface area contributed by atoms with E-state index in [2.05, 4.69) is 48.5 Å². The van der Waals surface area contributed by atoms with E-state index in [4.69, 9.17) is 0 Å². The number of aliphatic hydroxyl groups is 1. The van der Waals surface area contributed by atoms with Crippen molar-refractivity contribution in [2.75, 3.05) is 0 Å². The Labute approximate surface area is 121 Å². The summed E-state index contributed by atoms with van der Waals surface area (Å²) in [7, 11) is 0. The van der Waals surface area contributed by atoms with Crippen molar-refractivity contribution in [3.05, 3.63) is 77.7 Å². The standard InChI is InChI=1S/C19H21O/c1-19(20)14-8-13-17(19)18(15-9-4-2-5-10-15)16-11-6-3-7-12-16/h2-7,9-12,17,20H,8,13-14H2,1H3. The molecule has 0 amide bonds. The lowest BCUT2D eigenvalue weighted by molar-refractivity contribution is 0.0299. The predicted molar refractivity (Wildman–Crippen MR) is 82.3 cm³/mol. The maximum absolute atomic E-state index is 10.7. The Morgan fingerprint density at radius 1 is 0.950 bits per heavy atom. The van der Waals surface area contributed by atoms with Crippen LogP contribution in [0.2, 0.25) is 0 Å². The summed E-state index contributed by atoms with van der Waals surface area (Å²) < 4.78 is 0. The molecular weight excluding hydrogens is 244 g/mol. The molecule has 0 saturated heterocycles. The van der Waals surface area contributed by atoms with Crippen molar-refractivity contribution in [1.82, 2.24) is 0 Å². The van der Waals surface area contributed by atoms with E-state index >= 15 is 0 Å². The Kier molecular flexibility index (Phi) is 3.62. The highest BCUT2D eigenvalue weighted by Gasteiger charge is 2.42. The van der Waals surface area contributed by atoms with Gasteiger partial charge in [-0.3, -0.25) is 0 Å². The molecule has 0 spiro atoms. The summed E-state index contributed by atoms with van der Waals surface area (Å²) in [4.78, 5) is 0. The molecule has 1 nitrogen and oxygen atoms in total. The van der Waals surface area contributed by atoms with Crippen LogP contribution >= 0.6 is 0 Å². The van der Waals surface area contributed by atoms with Crippen LogP contribution in [0.15, 0.2) is 60.7 Å². The Hall–Kier alpha value is -1.60. The van der Waals surface area contributed by atoms with Gasteiger partial charge < -0.3 is 5.11 Å². The molecule has 0 aromatic heterocycles. The van der Waals surface area contributed by atoms with E-state index in [1.165, 1.54) is 17.0 Å². The quantitative estimate of drug-likeness (QED) is 0.881. The largest absolute Gasteiger partial charge is 0.390 e. The molecule has 2 aromatic rings. The van der Waals surface area contributed by atoms with Crippen LogP contribution in [-0.2, 0) is 0 Å². The van der Waals surface area contributed by atoms with Gasteiger partial charge in [0.15, 0.2) is 0 Å². The normalized spacial score (nSPS) is 26.1. The van der Waals surface area contributed by atoms with Gasteiger partial charge in [-0.25, -0.2) is 0 Å². The SMILES string of the molecule is CC1(O)CCCC1[C](c1ccccc1)c1ccccc1. The molecule has 1 N–H and O–H groups in total. The highest BCUT2D eigenvalue weighted by atomic mass is 16.3.